The minimum absolute atomic E-state index is 0.0424. The van der Waals surface area contributed by atoms with Crippen LogP contribution in [0.15, 0.2) is 73.6 Å². The van der Waals surface area contributed by atoms with E-state index in [0.717, 1.165) is 22.5 Å². The fourth-order valence-electron chi connectivity index (χ4n) is 2.84. The summed E-state index contributed by atoms with van der Waals surface area (Å²) in [4.78, 5) is 16.0. The van der Waals surface area contributed by atoms with Gasteiger partial charge in [-0.25, -0.2) is 0 Å². The van der Waals surface area contributed by atoms with Crippen molar-refractivity contribution in [3.8, 4) is 22.6 Å². The smallest absolute Gasteiger partial charge is 0.224 e. The van der Waals surface area contributed by atoms with Gasteiger partial charge in [-0.05, 0) is 42.8 Å². The monoisotopic (exact) mass is 370 g/mol. The molecule has 0 aliphatic rings. The molecule has 1 aromatic carbocycles. The Morgan fingerprint density at radius 1 is 1.07 bits per heavy atom. The zero-order chi connectivity index (χ0) is 19.3. The van der Waals surface area contributed by atoms with Crippen molar-refractivity contribution in [2.45, 2.75) is 12.8 Å². The summed E-state index contributed by atoms with van der Waals surface area (Å²) in [6.07, 6.45) is 6.20. The fourth-order valence-corrected chi connectivity index (χ4v) is 2.84. The highest BCUT2D eigenvalue weighted by Crippen LogP contribution is 2.23. The van der Waals surface area contributed by atoms with E-state index in [1.165, 1.54) is 0 Å². The van der Waals surface area contributed by atoms with Crippen LogP contribution in [0.25, 0.3) is 28.3 Å². The normalized spacial score (nSPS) is 10.7. The molecule has 7 heteroatoms. The van der Waals surface area contributed by atoms with Crippen LogP contribution in [0.4, 0.5) is 5.69 Å². The van der Waals surface area contributed by atoms with Crippen LogP contribution < -0.4 is 5.32 Å². The van der Waals surface area contributed by atoms with E-state index < -0.39 is 0 Å². The first-order valence-electron chi connectivity index (χ1n) is 8.88. The highest BCUT2D eigenvalue weighted by Gasteiger charge is 2.11. The summed E-state index contributed by atoms with van der Waals surface area (Å²) >= 11 is 0. The molecule has 0 saturated carbocycles. The predicted octanol–water partition coefficient (Wildman–Crippen LogP) is 3.76. The second-order valence-corrected chi connectivity index (χ2v) is 6.20. The number of nitrogens with zero attached hydrogens (tertiary/aromatic N) is 5. The van der Waals surface area contributed by atoms with Crippen molar-refractivity contribution in [3.63, 3.8) is 0 Å². The summed E-state index contributed by atoms with van der Waals surface area (Å²) < 4.78 is 1.71. The van der Waals surface area contributed by atoms with Gasteiger partial charge < -0.3 is 5.32 Å². The van der Waals surface area contributed by atoms with Crippen molar-refractivity contribution in [1.29, 1.82) is 0 Å². The number of carbonyl (C=O) groups excluding carboxylic acids is 1. The minimum Gasteiger partial charge on any atom is -0.326 e. The van der Waals surface area contributed by atoms with E-state index in [9.17, 15) is 4.79 Å². The highest BCUT2D eigenvalue weighted by molar-refractivity contribution is 5.91. The third-order valence-electron chi connectivity index (χ3n) is 4.22. The fraction of sp³-hybridized carbons (Fsp3) is 0.0952. The molecule has 4 aromatic rings. The number of anilines is 1. The van der Waals surface area contributed by atoms with Crippen LogP contribution in [-0.4, -0.2) is 30.7 Å². The van der Waals surface area contributed by atoms with Crippen molar-refractivity contribution >= 4 is 17.2 Å². The maximum Gasteiger partial charge on any atom is 0.224 e. The molecule has 7 nitrogen and oxygen atoms in total. The second kappa shape index (κ2) is 7.79. The molecule has 0 spiro atoms. The molecule has 0 aliphatic heterocycles. The summed E-state index contributed by atoms with van der Waals surface area (Å²) in [6, 6.07) is 15.1. The lowest BCUT2D eigenvalue weighted by atomic mass is 10.1. The van der Waals surface area contributed by atoms with E-state index in [4.69, 9.17) is 5.10 Å². The zero-order valence-corrected chi connectivity index (χ0v) is 15.1. The standard InChI is InChI=1S/C21H18N6O/c1-2-3-7-20(28)23-17-6-4-5-16(14-17)18-8-9-19-24-25-21(27(19)26-18)15-10-12-22-13-11-15/h2,4-6,8-14H,1,3,7H2,(H,23,28). The maximum atomic E-state index is 12.0. The van der Waals surface area contributed by atoms with Gasteiger partial charge in [0, 0.05) is 35.6 Å². The van der Waals surface area contributed by atoms with Crippen LogP contribution >= 0.6 is 0 Å². The van der Waals surface area contributed by atoms with Crippen LogP contribution in [0.5, 0.6) is 0 Å². The first kappa shape index (κ1) is 17.5. The number of hydrogen-bond acceptors (Lipinski definition) is 5. The Morgan fingerprint density at radius 2 is 1.93 bits per heavy atom. The largest absolute Gasteiger partial charge is 0.326 e. The van der Waals surface area contributed by atoms with E-state index in [1.807, 2.05) is 48.5 Å². The number of amides is 1. The summed E-state index contributed by atoms with van der Waals surface area (Å²) in [5.74, 6) is 0.604. The molecule has 4 rings (SSSR count). The molecule has 3 aromatic heterocycles. The summed E-state index contributed by atoms with van der Waals surface area (Å²) in [7, 11) is 0. The van der Waals surface area contributed by atoms with Crippen LogP contribution in [0.1, 0.15) is 12.8 Å². The van der Waals surface area contributed by atoms with Crippen molar-refractivity contribution in [2.24, 2.45) is 0 Å². The van der Waals surface area contributed by atoms with Gasteiger partial charge in [-0.3, -0.25) is 9.78 Å². The second-order valence-electron chi connectivity index (χ2n) is 6.20. The van der Waals surface area contributed by atoms with Gasteiger partial charge in [-0.2, -0.15) is 9.61 Å². The van der Waals surface area contributed by atoms with E-state index >= 15 is 0 Å². The number of aromatic nitrogens is 5. The van der Waals surface area contributed by atoms with Gasteiger partial charge in [-0.1, -0.05) is 18.2 Å². The number of fused-ring (bicyclic) bond motifs is 1. The number of allylic oxidation sites excluding steroid dienone is 1. The molecule has 0 radical (unpaired) electrons. The van der Waals surface area contributed by atoms with Gasteiger partial charge in [-0.15, -0.1) is 16.8 Å². The van der Waals surface area contributed by atoms with Gasteiger partial charge in [0.15, 0.2) is 11.5 Å². The topological polar surface area (TPSA) is 85.1 Å². The van der Waals surface area contributed by atoms with Gasteiger partial charge in [0.2, 0.25) is 5.91 Å². The molecular weight excluding hydrogens is 352 g/mol. The van der Waals surface area contributed by atoms with Crippen molar-refractivity contribution in [2.75, 3.05) is 5.32 Å². The van der Waals surface area contributed by atoms with E-state index in [0.29, 0.717) is 24.3 Å². The Hall–Kier alpha value is -3.87. The number of benzene rings is 1. The predicted molar refractivity (Wildman–Crippen MR) is 108 cm³/mol. The molecule has 0 saturated heterocycles. The average Bonchev–Trinajstić information content (AvgIpc) is 3.16. The lowest BCUT2D eigenvalue weighted by Gasteiger charge is -2.07. The third kappa shape index (κ3) is 3.64. The average molecular weight is 370 g/mol. The van der Waals surface area contributed by atoms with Gasteiger partial charge >= 0.3 is 0 Å². The van der Waals surface area contributed by atoms with Gasteiger partial charge in [0.05, 0.1) is 5.69 Å². The molecule has 0 unspecified atom stereocenters. The maximum absolute atomic E-state index is 12.0. The van der Waals surface area contributed by atoms with E-state index in [1.54, 1.807) is 23.0 Å². The lowest BCUT2D eigenvalue weighted by molar-refractivity contribution is -0.116. The van der Waals surface area contributed by atoms with Gasteiger partial charge in [0.1, 0.15) is 0 Å². The van der Waals surface area contributed by atoms with E-state index in [-0.39, 0.29) is 5.91 Å². The minimum atomic E-state index is -0.0424. The zero-order valence-electron chi connectivity index (χ0n) is 15.1. The molecule has 0 aliphatic carbocycles. The van der Waals surface area contributed by atoms with Crippen molar-refractivity contribution < 1.29 is 4.79 Å². The van der Waals surface area contributed by atoms with E-state index in [2.05, 4.69) is 27.1 Å². The number of carbonyl (C=O) groups is 1. The Kier molecular flexibility index (Phi) is 4.88. The molecule has 1 amide bonds. The molecule has 0 atom stereocenters. The molecular formula is C21H18N6O. The number of pyridine rings is 1. The molecule has 28 heavy (non-hydrogen) atoms. The molecule has 3 heterocycles. The van der Waals surface area contributed by atoms with Crippen LogP contribution in [-0.2, 0) is 4.79 Å². The first-order chi connectivity index (χ1) is 13.7. The molecule has 0 fully saturated rings. The summed E-state index contributed by atoms with van der Waals surface area (Å²) in [6.45, 7) is 3.64. The Bertz CT molecular complexity index is 1140. The quantitative estimate of drug-likeness (QED) is 0.522. The Balaban J connectivity index is 1.67. The number of rotatable bonds is 6. The molecule has 0 bridgehead atoms. The molecule has 1 N–H and O–H groups in total. The van der Waals surface area contributed by atoms with Crippen molar-refractivity contribution in [1.82, 2.24) is 24.8 Å². The highest BCUT2D eigenvalue weighted by atomic mass is 16.1. The SMILES string of the molecule is C=CCCC(=O)Nc1cccc(-c2ccc3nnc(-c4ccncc4)n3n2)c1. The summed E-state index contributed by atoms with van der Waals surface area (Å²) in [5, 5.41) is 16.0. The Labute approximate surface area is 161 Å². The number of nitrogens with one attached hydrogen (secondary N) is 1. The first-order valence-corrected chi connectivity index (χ1v) is 8.88. The van der Waals surface area contributed by atoms with Crippen LogP contribution in [0.2, 0.25) is 0 Å². The van der Waals surface area contributed by atoms with Gasteiger partial charge in [0.25, 0.3) is 0 Å². The number of hydrogen-bond donors (Lipinski definition) is 1. The lowest BCUT2D eigenvalue weighted by Crippen LogP contribution is -2.10. The van der Waals surface area contributed by atoms with Crippen LogP contribution in [0, 0.1) is 0 Å². The van der Waals surface area contributed by atoms with Crippen molar-refractivity contribution in [3.05, 3.63) is 73.6 Å². The Morgan fingerprint density at radius 3 is 2.75 bits per heavy atom. The molecule has 138 valence electrons. The van der Waals surface area contributed by atoms with Crippen LogP contribution in [0.3, 0.4) is 0 Å². The summed E-state index contributed by atoms with van der Waals surface area (Å²) in [5.41, 5.74) is 3.91. The third-order valence-corrected chi connectivity index (χ3v) is 4.22.